The summed E-state index contributed by atoms with van der Waals surface area (Å²) < 4.78 is 0. The Morgan fingerprint density at radius 3 is 3.00 bits per heavy atom. The van der Waals surface area contributed by atoms with Crippen molar-refractivity contribution in [1.29, 1.82) is 0 Å². The van der Waals surface area contributed by atoms with Crippen molar-refractivity contribution in [3.05, 3.63) is 23.9 Å². The minimum atomic E-state index is 0.517. The van der Waals surface area contributed by atoms with Gasteiger partial charge >= 0.3 is 0 Å². The summed E-state index contributed by atoms with van der Waals surface area (Å²) in [4.78, 5) is 4.52. The number of pyridine rings is 1. The van der Waals surface area contributed by atoms with Crippen molar-refractivity contribution in [3.8, 4) is 0 Å². The number of rotatable bonds is 3. The number of aromatic nitrogens is 1. The minimum Gasteiger partial charge on any atom is -0.310 e. The van der Waals surface area contributed by atoms with Gasteiger partial charge in [0.25, 0.3) is 0 Å². The lowest BCUT2D eigenvalue weighted by Crippen LogP contribution is -2.27. The molecular formula is C13H20N2S. The van der Waals surface area contributed by atoms with E-state index in [0.717, 1.165) is 6.54 Å². The van der Waals surface area contributed by atoms with Gasteiger partial charge in [-0.2, -0.15) is 0 Å². The van der Waals surface area contributed by atoms with E-state index in [1.54, 1.807) is 0 Å². The van der Waals surface area contributed by atoms with E-state index in [2.05, 4.69) is 36.3 Å². The smallest absolute Gasteiger partial charge is 0.101 e. The second-order valence-electron chi connectivity index (χ2n) is 4.57. The maximum atomic E-state index is 4.52. The Bertz CT molecular complexity index is 332. The van der Waals surface area contributed by atoms with Crippen LogP contribution >= 0.6 is 11.8 Å². The van der Waals surface area contributed by atoms with Crippen LogP contribution in [0.1, 0.15) is 44.7 Å². The first kappa shape index (κ1) is 11.9. The van der Waals surface area contributed by atoms with Gasteiger partial charge in [-0.3, -0.25) is 0 Å². The molecule has 0 spiro atoms. The van der Waals surface area contributed by atoms with E-state index in [4.69, 9.17) is 0 Å². The Hall–Kier alpha value is -0.540. The second kappa shape index (κ2) is 5.69. The largest absolute Gasteiger partial charge is 0.310 e. The highest BCUT2D eigenvalue weighted by Crippen LogP contribution is 2.31. The molecule has 88 valence electrons. The Morgan fingerprint density at radius 2 is 2.31 bits per heavy atom. The molecule has 2 rings (SSSR count). The molecule has 1 atom stereocenters. The summed E-state index contributed by atoms with van der Waals surface area (Å²) >= 11 is 1.87. The quantitative estimate of drug-likeness (QED) is 0.814. The van der Waals surface area contributed by atoms with Crippen LogP contribution in [0, 0.1) is 0 Å². The SMILES string of the molecule is CC(C)Sc1ncccc1[C@H]1CCCCN1. The van der Waals surface area contributed by atoms with E-state index in [1.807, 2.05) is 18.0 Å². The molecule has 1 aromatic rings. The zero-order valence-corrected chi connectivity index (χ0v) is 10.9. The molecule has 0 bridgehead atoms. The molecule has 0 unspecified atom stereocenters. The predicted octanol–water partition coefficient (Wildman–Crippen LogP) is 3.40. The van der Waals surface area contributed by atoms with Gasteiger partial charge in [-0.05, 0) is 25.5 Å². The van der Waals surface area contributed by atoms with Gasteiger partial charge in [0.2, 0.25) is 0 Å². The molecule has 1 aromatic heterocycles. The number of piperidine rings is 1. The summed E-state index contributed by atoms with van der Waals surface area (Å²) in [6.07, 6.45) is 5.79. The van der Waals surface area contributed by atoms with Crippen molar-refractivity contribution in [1.82, 2.24) is 10.3 Å². The fraction of sp³-hybridized carbons (Fsp3) is 0.615. The number of hydrogen-bond acceptors (Lipinski definition) is 3. The number of nitrogens with one attached hydrogen (secondary N) is 1. The summed E-state index contributed by atoms with van der Waals surface area (Å²) in [5.41, 5.74) is 1.39. The van der Waals surface area contributed by atoms with Crippen LogP contribution in [0.15, 0.2) is 23.4 Å². The standard InChI is InChI=1S/C13H20N2S/c1-10(2)16-13-11(6-5-9-15-13)12-7-3-4-8-14-12/h5-6,9-10,12,14H,3-4,7-8H2,1-2H3/t12-/m1/s1. The summed E-state index contributed by atoms with van der Waals surface area (Å²) in [6, 6.07) is 4.79. The molecule has 0 saturated carbocycles. The molecule has 2 heterocycles. The van der Waals surface area contributed by atoms with Crippen LogP contribution < -0.4 is 5.32 Å². The van der Waals surface area contributed by atoms with Gasteiger partial charge in [0.15, 0.2) is 0 Å². The lowest BCUT2D eigenvalue weighted by Gasteiger charge is -2.25. The maximum Gasteiger partial charge on any atom is 0.101 e. The highest BCUT2D eigenvalue weighted by molar-refractivity contribution is 7.99. The third-order valence-electron chi connectivity index (χ3n) is 2.83. The first-order valence-corrected chi connectivity index (χ1v) is 7.00. The highest BCUT2D eigenvalue weighted by Gasteiger charge is 2.18. The van der Waals surface area contributed by atoms with Gasteiger partial charge in [-0.25, -0.2) is 4.98 Å². The lowest BCUT2D eigenvalue weighted by molar-refractivity contribution is 0.406. The molecule has 1 N–H and O–H groups in total. The van der Waals surface area contributed by atoms with Gasteiger partial charge in [0, 0.05) is 23.1 Å². The average molecular weight is 236 g/mol. The van der Waals surface area contributed by atoms with E-state index in [0.29, 0.717) is 11.3 Å². The van der Waals surface area contributed by atoms with Crippen LogP contribution in [-0.4, -0.2) is 16.8 Å². The highest BCUT2D eigenvalue weighted by atomic mass is 32.2. The van der Waals surface area contributed by atoms with Crippen LogP contribution in [-0.2, 0) is 0 Å². The van der Waals surface area contributed by atoms with Gasteiger partial charge in [-0.1, -0.05) is 26.3 Å². The van der Waals surface area contributed by atoms with E-state index in [1.165, 1.54) is 29.9 Å². The first-order chi connectivity index (χ1) is 7.77. The van der Waals surface area contributed by atoms with Crippen molar-refractivity contribution >= 4 is 11.8 Å². The second-order valence-corrected chi connectivity index (χ2v) is 6.13. The molecule has 16 heavy (non-hydrogen) atoms. The van der Waals surface area contributed by atoms with Gasteiger partial charge in [0.05, 0.1) is 0 Å². The van der Waals surface area contributed by atoms with Crippen LogP contribution in [0.25, 0.3) is 0 Å². The van der Waals surface area contributed by atoms with Crippen molar-refractivity contribution < 1.29 is 0 Å². The van der Waals surface area contributed by atoms with Crippen molar-refractivity contribution in [2.45, 2.75) is 49.4 Å². The molecule has 1 fully saturated rings. The van der Waals surface area contributed by atoms with E-state index in [9.17, 15) is 0 Å². The molecule has 1 saturated heterocycles. The normalized spacial score (nSPS) is 21.3. The summed E-state index contributed by atoms with van der Waals surface area (Å²) in [5.74, 6) is 0. The van der Waals surface area contributed by atoms with Crippen LogP contribution in [0.4, 0.5) is 0 Å². The zero-order valence-electron chi connectivity index (χ0n) is 10.1. The molecular weight excluding hydrogens is 216 g/mol. The van der Waals surface area contributed by atoms with Gasteiger partial charge in [-0.15, -0.1) is 11.8 Å². The summed E-state index contributed by atoms with van der Waals surface area (Å²) in [5, 5.41) is 5.40. The van der Waals surface area contributed by atoms with E-state index in [-0.39, 0.29) is 0 Å². The topological polar surface area (TPSA) is 24.9 Å². The lowest BCUT2D eigenvalue weighted by atomic mass is 9.99. The van der Waals surface area contributed by atoms with Gasteiger partial charge < -0.3 is 5.32 Å². The van der Waals surface area contributed by atoms with E-state index < -0.39 is 0 Å². The van der Waals surface area contributed by atoms with Crippen LogP contribution in [0.2, 0.25) is 0 Å². The minimum absolute atomic E-state index is 0.517. The van der Waals surface area contributed by atoms with E-state index >= 15 is 0 Å². The Kier molecular flexibility index (Phi) is 4.24. The third kappa shape index (κ3) is 2.98. The van der Waals surface area contributed by atoms with Crippen molar-refractivity contribution in [3.63, 3.8) is 0 Å². The molecule has 0 amide bonds. The summed E-state index contributed by atoms with van der Waals surface area (Å²) in [6.45, 7) is 5.58. The number of hydrogen-bond donors (Lipinski definition) is 1. The first-order valence-electron chi connectivity index (χ1n) is 6.12. The monoisotopic (exact) mass is 236 g/mol. The molecule has 0 radical (unpaired) electrons. The zero-order chi connectivity index (χ0) is 11.4. The molecule has 1 aliphatic heterocycles. The predicted molar refractivity (Wildman–Crippen MR) is 69.8 cm³/mol. The van der Waals surface area contributed by atoms with Crippen molar-refractivity contribution in [2.24, 2.45) is 0 Å². The molecule has 1 aliphatic rings. The number of nitrogens with zero attached hydrogens (tertiary/aromatic N) is 1. The molecule has 3 heteroatoms. The fourth-order valence-corrected chi connectivity index (χ4v) is 3.02. The third-order valence-corrected chi connectivity index (χ3v) is 3.87. The Morgan fingerprint density at radius 1 is 1.44 bits per heavy atom. The Labute approximate surface area is 102 Å². The Balaban J connectivity index is 2.17. The number of thioether (sulfide) groups is 1. The van der Waals surface area contributed by atoms with Crippen LogP contribution in [0.5, 0.6) is 0 Å². The van der Waals surface area contributed by atoms with Crippen LogP contribution in [0.3, 0.4) is 0 Å². The van der Waals surface area contributed by atoms with Crippen molar-refractivity contribution in [2.75, 3.05) is 6.54 Å². The molecule has 2 nitrogen and oxygen atoms in total. The average Bonchev–Trinajstić information content (AvgIpc) is 2.30. The fourth-order valence-electron chi connectivity index (χ4n) is 2.11. The molecule has 0 aromatic carbocycles. The summed E-state index contributed by atoms with van der Waals surface area (Å²) in [7, 11) is 0. The molecule has 0 aliphatic carbocycles. The maximum absolute atomic E-state index is 4.52. The van der Waals surface area contributed by atoms with Gasteiger partial charge in [0.1, 0.15) is 5.03 Å².